The van der Waals surface area contributed by atoms with E-state index in [9.17, 15) is 0 Å². The van der Waals surface area contributed by atoms with Crippen molar-refractivity contribution in [1.82, 2.24) is 9.13 Å². The van der Waals surface area contributed by atoms with Crippen LogP contribution in [0.4, 0.5) is 22.0 Å². The Morgan fingerprint density at radius 1 is 0.294 bits per heavy atom. The summed E-state index contributed by atoms with van der Waals surface area (Å²) in [6.07, 6.45) is -4.99. The van der Waals surface area contributed by atoms with E-state index in [1.54, 1.807) is 9.13 Å². The molecule has 326 valence electrons. The minimum Gasteiger partial charge on any atom is -0.308 e. The topological polar surface area (TPSA) is 9.86 Å². The molecule has 0 N–H and O–H groups in total. The molecule has 2 aromatic heterocycles. The van der Waals surface area contributed by atoms with Crippen molar-refractivity contribution in [2.75, 3.05) is 0 Å². The van der Waals surface area contributed by atoms with Gasteiger partial charge in [0.15, 0.2) is 11.6 Å². The molecule has 2 heterocycles. The zero-order valence-corrected chi connectivity index (χ0v) is 36.1. The predicted molar refractivity (Wildman–Crippen MR) is 267 cm³/mol. The molecule has 12 aromatic rings. The van der Waals surface area contributed by atoms with Crippen molar-refractivity contribution in [3.05, 3.63) is 242 Å². The van der Waals surface area contributed by atoms with Gasteiger partial charge in [-0.15, -0.1) is 0 Å². The number of halogens is 5. The quantitative estimate of drug-likeness (QED) is 0.141. The van der Waals surface area contributed by atoms with Crippen LogP contribution in [0.15, 0.2) is 224 Å². The third kappa shape index (κ3) is 6.85. The lowest BCUT2D eigenvalue weighted by Crippen LogP contribution is -2.16. The number of aromatic nitrogens is 2. The first-order valence-electron chi connectivity index (χ1n) is 22.3. The molecular weight excluding hydrogens is 856 g/mol. The van der Waals surface area contributed by atoms with Crippen molar-refractivity contribution < 1.29 is 22.0 Å². The molecule has 7 heteroatoms. The number of nitrogens with zero attached hydrogens (tertiary/aromatic N) is 2. The molecular formula is C61H37F5N2. The van der Waals surface area contributed by atoms with Gasteiger partial charge in [-0.2, -0.15) is 13.2 Å². The van der Waals surface area contributed by atoms with Gasteiger partial charge in [0, 0.05) is 27.1 Å². The SMILES string of the molecule is Fc1cccc(-c2cc(-n3c4cc(-c5ccccc5)ccc4c4ccc(-c5ccccc5)cc43)c(C(F)(F)F)c(-n3c4cc(-c5ccccc5)ccc4c4ccc(-c5ccccc5)cc43)c2)c1F. The van der Waals surface area contributed by atoms with Crippen molar-refractivity contribution in [3.8, 4) is 67.0 Å². The zero-order valence-electron chi connectivity index (χ0n) is 36.1. The van der Waals surface area contributed by atoms with Gasteiger partial charge in [-0.25, -0.2) is 8.78 Å². The number of hydrogen-bond donors (Lipinski definition) is 0. The molecule has 12 rings (SSSR count). The van der Waals surface area contributed by atoms with Gasteiger partial charge >= 0.3 is 6.18 Å². The van der Waals surface area contributed by atoms with E-state index in [2.05, 4.69) is 0 Å². The second-order valence-electron chi connectivity index (χ2n) is 17.1. The summed E-state index contributed by atoms with van der Waals surface area (Å²) in [6, 6.07) is 68.7. The summed E-state index contributed by atoms with van der Waals surface area (Å²) in [6.45, 7) is 0. The average Bonchev–Trinajstić information content (AvgIpc) is 3.88. The second-order valence-corrected chi connectivity index (χ2v) is 17.1. The minimum atomic E-state index is -4.99. The van der Waals surface area contributed by atoms with Crippen LogP contribution in [-0.2, 0) is 6.18 Å². The Hall–Kier alpha value is -8.55. The van der Waals surface area contributed by atoms with Gasteiger partial charge in [0.1, 0.15) is 5.56 Å². The summed E-state index contributed by atoms with van der Waals surface area (Å²) in [7, 11) is 0. The Morgan fingerprint density at radius 3 is 0.926 bits per heavy atom. The first-order chi connectivity index (χ1) is 33.2. The monoisotopic (exact) mass is 892 g/mol. The number of alkyl halides is 3. The highest BCUT2D eigenvalue weighted by molar-refractivity contribution is 6.13. The van der Waals surface area contributed by atoms with Crippen LogP contribution in [0, 0.1) is 11.6 Å². The van der Waals surface area contributed by atoms with Crippen LogP contribution in [0.5, 0.6) is 0 Å². The Balaban J connectivity index is 1.27. The van der Waals surface area contributed by atoms with Crippen molar-refractivity contribution in [1.29, 1.82) is 0 Å². The number of benzene rings is 10. The molecule has 0 aliphatic heterocycles. The molecule has 68 heavy (non-hydrogen) atoms. The van der Waals surface area contributed by atoms with E-state index in [1.165, 1.54) is 24.3 Å². The van der Waals surface area contributed by atoms with Crippen LogP contribution in [0.3, 0.4) is 0 Å². The molecule has 0 amide bonds. The van der Waals surface area contributed by atoms with Crippen molar-refractivity contribution in [3.63, 3.8) is 0 Å². The lowest BCUT2D eigenvalue weighted by molar-refractivity contribution is -0.137. The number of hydrogen-bond acceptors (Lipinski definition) is 0. The maximum Gasteiger partial charge on any atom is 0.420 e. The molecule has 0 radical (unpaired) electrons. The summed E-state index contributed by atoms with van der Waals surface area (Å²) in [5, 5.41) is 2.92. The van der Waals surface area contributed by atoms with Crippen LogP contribution < -0.4 is 0 Å². The zero-order chi connectivity index (χ0) is 46.1. The van der Waals surface area contributed by atoms with Crippen LogP contribution >= 0.6 is 0 Å². The van der Waals surface area contributed by atoms with Gasteiger partial charge in [-0.05, 0) is 92.5 Å². The Morgan fingerprint density at radius 2 is 0.618 bits per heavy atom. The summed E-state index contributed by atoms with van der Waals surface area (Å²) >= 11 is 0. The molecule has 2 nitrogen and oxygen atoms in total. The highest BCUT2D eigenvalue weighted by atomic mass is 19.4. The molecule has 0 aliphatic rings. The Labute approximate surface area is 388 Å². The van der Waals surface area contributed by atoms with Crippen molar-refractivity contribution >= 4 is 43.6 Å². The van der Waals surface area contributed by atoms with Crippen molar-refractivity contribution in [2.45, 2.75) is 6.18 Å². The largest absolute Gasteiger partial charge is 0.420 e. The summed E-state index contributed by atoms with van der Waals surface area (Å²) < 4.78 is 86.0. The van der Waals surface area contributed by atoms with Crippen LogP contribution in [-0.4, -0.2) is 9.13 Å². The van der Waals surface area contributed by atoms with Gasteiger partial charge < -0.3 is 9.13 Å². The maximum absolute atomic E-state index is 17.0. The highest BCUT2D eigenvalue weighted by Crippen LogP contribution is 2.48. The third-order valence-electron chi connectivity index (χ3n) is 13.1. The molecule has 0 saturated heterocycles. The third-order valence-corrected chi connectivity index (χ3v) is 13.1. The van der Waals surface area contributed by atoms with Gasteiger partial charge in [0.2, 0.25) is 0 Å². The first kappa shape index (κ1) is 40.9. The Bertz CT molecular complexity index is 3480. The van der Waals surface area contributed by atoms with Crippen LogP contribution in [0.2, 0.25) is 0 Å². The fraction of sp³-hybridized carbons (Fsp3) is 0.0164. The predicted octanol–water partition coefficient (Wildman–Crippen LogP) is 17.5. The molecule has 0 unspecified atom stereocenters. The molecule has 0 spiro atoms. The summed E-state index contributed by atoms with van der Waals surface area (Å²) in [4.78, 5) is 0. The van der Waals surface area contributed by atoms with E-state index in [1.807, 2.05) is 194 Å². The van der Waals surface area contributed by atoms with E-state index < -0.39 is 23.4 Å². The van der Waals surface area contributed by atoms with E-state index in [-0.39, 0.29) is 22.5 Å². The molecule has 0 atom stereocenters. The molecule has 0 aliphatic carbocycles. The minimum absolute atomic E-state index is 0.0712. The van der Waals surface area contributed by atoms with E-state index in [0.29, 0.717) is 22.1 Å². The van der Waals surface area contributed by atoms with E-state index in [4.69, 9.17) is 0 Å². The fourth-order valence-corrected chi connectivity index (χ4v) is 9.93. The lowest BCUT2D eigenvalue weighted by Gasteiger charge is -2.23. The molecule has 10 aromatic carbocycles. The normalized spacial score (nSPS) is 11.9. The Kier molecular flexibility index (Phi) is 9.69. The maximum atomic E-state index is 17.0. The van der Waals surface area contributed by atoms with Gasteiger partial charge in [-0.1, -0.05) is 182 Å². The molecule has 0 bridgehead atoms. The van der Waals surface area contributed by atoms with Gasteiger partial charge in [0.25, 0.3) is 0 Å². The highest BCUT2D eigenvalue weighted by Gasteiger charge is 2.40. The summed E-state index contributed by atoms with van der Waals surface area (Å²) in [5.74, 6) is -2.27. The first-order valence-corrected chi connectivity index (χ1v) is 22.3. The second kappa shape index (κ2) is 16.1. The molecule has 0 saturated carbocycles. The summed E-state index contributed by atoms with van der Waals surface area (Å²) in [5.41, 5.74) is 7.28. The smallest absolute Gasteiger partial charge is 0.308 e. The average molecular weight is 893 g/mol. The number of rotatable bonds is 7. The van der Waals surface area contributed by atoms with Gasteiger partial charge in [0.05, 0.1) is 33.4 Å². The van der Waals surface area contributed by atoms with E-state index >= 15 is 22.0 Å². The standard InChI is InChI=1S/C61H37F5N2/c62-52-23-13-22-47(60(52)63)46-36-57(67-53-32-42(38-14-5-1-6-15-38)24-28-48(53)49-29-25-43(33-54(49)67)39-16-7-2-8-17-39)59(61(64,65)66)58(37-46)68-55-34-44(40-18-9-3-10-19-40)26-30-50(55)51-31-27-45(35-56(51)68)41-20-11-4-12-21-41/h1-37H. The van der Waals surface area contributed by atoms with Crippen LogP contribution in [0.1, 0.15) is 5.56 Å². The van der Waals surface area contributed by atoms with Crippen LogP contribution in [0.25, 0.3) is 111 Å². The number of fused-ring (bicyclic) bond motifs is 6. The fourth-order valence-electron chi connectivity index (χ4n) is 9.93. The van der Waals surface area contributed by atoms with Crippen molar-refractivity contribution in [2.24, 2.45) is 0 Å². The van der Waals surface area contributed by atoms with Gasteiger partial charge in [-0.3, -0.25) is 0 Å². The lowest BCUT2D eigenvalue weighted by atomic mass is 9.98. The van der Waals surface area contributed by atoms with E-state index in [0.717, 1.165) is 72.1 Å². The molecule has 0 fully saturated rings.